The first kappa shape index (κ1) is 20.4. The number of nitrogens with one attached hydrogen (secondary N) is 2. The Bertz CT molecular complexity index is 1180. The molecule has 0 spiro atoms. The second-order valence-corrected chi connectivity index (χ2v) is 9.28. The summed E-state index contributed by atoms with van der Waals surface area (Å²) in [6.07, 6.45) is 3.81. The zero-order valence-corrected chi connectivity index (χ0v) is 17.8. The Morgan fingerprint density at radius 3 is 2.60 bits per heavy atom. The lowest BCUT2D eigenvalue weighted by molar-refractivity contribution is 0.0713. The van der Waals surface area contributed by atoms with Gasteiger partial charge in [0, 0.05) is 35.8 Å². The summed E-state index contributed by atoms with van der Waals surface area (Å²) in [4.78, 5) is 18.1. The van der Waals surface area contributed by atoms with Crippen LogP contribution in [0.3, 0.4) is 0 Å². The van der Waals surface area contributed by atoms with Gasteiger partial charge in [-0.1, -0.05) is 18.2 Å². The topological polar surface area (TPSA) is 91.5 Å². The van der Waals surface area contributed by atoms with Crippen molar-refractivity contribution < 1.29 is 17.9 Å². The van der Waals surface area contributed by atoms with E-state index < -0.39 is 10.0 Å². The number of likely N-dealkylation sites (tertiary alicyclic amines) is 1. The summed E-state index contributed by atoms with van der Waals surface area (Å²) in [7, 11) is -1.00. The number of fused-ring (bicyclic) bond motifs is 1. The van der Waals surface area contributed by atoms with Gasteiger partial charge in [-0.05, 0) is 55.6 Å². The van der Waals surface area contributed by atoms with Crippen molar-refractivity contribution in [2.45, 2.75) is 23.7 Å². The van der Waals surface area contributed by atoms with Gasteiger partial charge in [-0.15, -0.1) is 0 Å². The van der Waals surface area contributed by atoms with Crippen molar-refractivity contribution >= 4 is 26.8 Å². The number of H-pyrrole nitrogens is 1. The molecule has 1 amide bonds. The average Bonchev–Trinajstić information content (AvgIpc) is 3.22. The quantitative estimate of drug-likeness (QED) is 0.655. The number of nitrogens with zero attached hydrogens (tertiary/aromatic N) is 1. The number of rotatable bonds is 5. The van der Waals surface area contributed by atoms with E-state index in [1.165, 1.54) is 37.2 Å². The molecule has 1 aliphatic heterocycles. The molecule has 158 valence electrons. The Hall–Kier alpha value is -2.84. The number of ether oxygens (including phenoxy) is 1. The lowest BCUT2D eigenvalue weighted by atomic mass is 9.89. The Morgan fingerprint density at radius 1 is 1.17 bits per heavy atom. The largest absolute Gasteiger partial charge is 0.495 e. The Labute approximate surface area is 176 Å². The van der Waals surface area contributed by atoms with Crippen molar-refractivity contribution in [1.82, 2.24) is 14.6 Å². The molecule has 0 bridgehead atoms. The normalized spacial score (nSPS) is 15.5. The van der Waals surface area contributed by atoms with Crippen LogP contribution in [0.1, 0.15) is 34.7 Å². The highest BCUT2D eigenvalue weighted by Crippen LogP contribution is 2.34. The zero-order chi connectivity index (χ0) is 21.3. The minimum Gasteiger partial charge on any atom is -0.495 e. The number of hydrogen-bond donors (Lipinski definition) is 2. The molecule has 0 unspecified atom stereocenters. The van der Waals surface area contributed by atoms with Crippen LogP contribution < -0.4 is 9.46 Å². The minimum absolute atomic E-state index is 0.0352. The number of aromatic amines is 1. The fourth-order valence-corrected chi connectivity index (χ4v) is 5.06. The third-order valence-corrected chi connectivity index (χ3v) is 7.25. The summed E-state index contributed by atoms with van der Waals surface area (Å²) in [5.74, 6) is 0.433. The molecular formula is C22H25N3O4S. The number of piperidine rings is 1. The summed E-state index contributed by atoms with van der Waals surface area (Å²) < 4.78 is 32.0. The van der Waals surface area contributed by atoms with Crippen LogP contribution in [0, 0.1) is 0 Å². The lowest BCUT2D eigenvalue weighted by Crippen LogP contribution is -2.38. The van der Waals surface area contributed by atoms with Crippen LogP contribution in [0.2, 0.25) is 0 Å². The number of sulfonamides is 1. The summed E-state index contributed by atoms with van der Waals surface area (Å²) in [6.45, 7) is 1.26. The maximum atomic E-state index is 13.0. The molecular weight excluding hydrogens is 402 g/mol. The van der Waals surface area contributed by atoms with E-state index in [0.29, 0.717) is 24.6 Å². The number of methoxy groups -OCH3 is 1. The molecule has 2 N–H and O–H groups in total. The summed E-state index contributed by atoms with van der Waals surface area (Å²) in [6, 6.07) is 12.8. The molecule has 1 saturated heterocycles. The van der Waals surface area contributed by atoms with Gasteiger partial charge in [0.15, 0.2) is 0 Å². The monoisotopic (exact) mass is 427 g/mol. The fraction of sp³-hybridized carbons (Fsp3) is 0.318. The van der Waals surface area contributed by atoms with Gasteiger partial charge in [-0.2, -0.15) is 0 Å². The Morgan fingerprint density at radius 2 is 1.90 bits per heavy atom. The van der Waals surface area contributed by atoms with E-state index in [-0.39, 0.29) is 16.6 Å². The minimum atomic E-state index is -3.74. The molecule has 2 heterocycles. The van der Waals surface area contributed by atoms with Crippen LogP contribution in [0.15, 0.2) is 53.6 Å². The van der Waals surface area contributed by atoms with Crippen LogP contribution >= 0.6 is 0 Å². The first-order chi connectivity index (χ1) is 14.4. The van der Waals surface area contributed by atoms with Gasteiger partial charge in [-0.3, -0.25) is 4.79 Å². The van der Waals surface area contributed by atoms with Gasteiger partial charge in [0.1, 0.15) is 10.6 Å². The van der Waals surface area contributed by atoms with E-state index in [1.807, 2.05) is 12.1 Å². The van der Waals surface area contributed by atoms with Crippen molar-refractivity contribution in [2.75, 3.05) is 27.2 Å². The van der Waals surface area contributed by atoms with E-state index in [2.05, 4.69) is 28.0 Å². The van der Waals surface area contributed by atoms with E-state index in [9.17, 15) is 13.2 Å². The molecule has 1 aliphatic rings. The van der Waals surface area contributed by atoms with Gasteiger partial charge < -0.3 is 14.6 Å². The maximum absolute atomic E-state index is 13.0. The first-order valence-corrected chi connectivity index (χ1v) is 11.4. The number of hydrogen-bond acceptors (Lipinski definition) is 4. The maximum Gasteiger partial charge on any atom is 0.253 e. The first-order valence-electron chi connectivity index (χ1n) is 9.91. The molecule has 4 rings (SSSR count). The van der Waals surface area contributed by atoms with Crippen molar-refractivity contribution in [3.63, 3.8) is 0 Å². The van der Waals surface area contributed by atoms with E-state index in [0.717, 1.165) is 18.4 Å². The molecule has 1 aromatic heterocycles. The summed E-state index contributed by atoms with van der Waals surface area (Å²) >= 11 is 0. The van der Waals surface area contributed by atoms with E-state index in [4.69, 9.17) is 4.74 Å². The highest BCUT2D eigenvalue weighted by Gasteiger charge is 2.27. The molecule has 2 aromatic carbocycles. The lowest BCUT2D eigenvalue weighted by Gasteiger charge is -2.32. The smallest absolute Gasteiger partial charge is 0.253 e. The zero-order valence-electron chi connectivity index (χ0n) is 17.0. The number of carbonyl (C=O) groups is 1. The van der Waals surface area contributed by atoms with Gasteiger partial charge in [0.2, 0.25) is 10.0 Å². The molecule has 1 fully saturated rings. The van der Waals surface area contributed by atoms with Gasteiger partial charge >= 0.3 is 0 Å². The number of amides is 1. The Balaban J connectivity index is 1.51. The van der Waals surface area contributed by atoms with E-state index in [1.54, 1.807) is 11.0 Å². The van der Waals surface area contributed by atoms with Crippen LogP contribution in [0.4, 0.5) is 0 Å². The van der Waals surface area contributed by atoms with Crippen molar-refractivity contribution in [3.8, 4) is 5.75 Å². The number of benzene rings is 2. The highest BCUT2D eigenvalue weighted by molar-refractivity contribution is 7.89. The van der Waals surface area contributed by atoms with Crippen molar-refractivity contribution in [1.29, 1.82) is 0 Å². The van der Waals surface area contributed by atoms with Gasteiger partial charge in [0.05, 0.1) is 7.11 Å². The second kappa shape index (κ2) is 8.12. The van der Waals surface area contributed by atoms with Crippen LogP contribution in [0.25, 0.3) is 10.9 Å². The molecule has 8 heteroatoms. The third-order valence-electron chi connectivity index (χ3n) is 5.81. The summed E-state index contributed by atoms with van der Waals surface area (Å²) in [5, 5.41) is 1.24. The molecule has 30 heavy (non-hydrogen) atoms. The third kappa shape index (κ3) is 3.68. The second-order valence-electron chi connectivity index (χ2n) is 7.43. The molecule has 3 aromatic rings. The van der Waals surface area contributed by atoms with E-state index >= 15 is 0 Å². The fourth-order valence-electron chi connectivity index (χ4n) is 4.14. The SMILES string of the molecule is CNS(=O)(=O)c1cc(C(=O)N2CCC(c3c[nH]c4ccccc34)CC2)ccc1OC. The molecule has 0 atom stereocenters. The van der Waals surface area contributed by atoms with Crippen LogP contribution in [-0.2, 0) is 10.0 Å². The molecule has 7 nitrogen and oxygen atoms in total. The Kier molecular flexibility index (Phi) is 5.53. The molecule has 0 aliphatic carbocycles. The number of aromatic nitrogens is 1. The standard InChI is InChI=1S/C22H25N3O4S/c1-23-30(27,28)21-13-16(7-8-20(21)29-2)22(26)25-11-9-15(10-12-25)18-14-24-19-6-4-3-5-17(18)19/h3-8,13-15,23-24H,9-12H2,1-2H3. The predicted octanol–water partition coefficient (Wildman–Crippen LogP) is 3.10. The van der Waals surface area contributed by atoms with Crippen LogP contribution in [-0.4, -0.2) is 51.5 Å². The van der Waals surface area contributed by atoms with Crippen molar-refractivity contribution in [2.24, 2.45) is 0 Å². The summed E-state index contributed by atoms with van der Waals surface area (Å²) in [5.41, 5.74) is 2.77. The van der Waals surface area contributed by atoms with Crippen molar-refractivity contribution in [3.05, 3.63) is 59.8 Å². The van der Waals surface area contributed by atoms with Crippen LogP contribution in [0.5, 0.6) is 5.75 Å². The number of para-hydroxylation sites is 1. The average molecular weight is 428 g/mol. The van der Waals surface area contributed by atoms with Gasteiger partial charge in [-0.25, -0.2) is 13.1 Å². The predicted molar refractivity (Wildman–Crippen MR) is 115 cm³/mol. The van der Waals surface area contributed by atoms with Gasteiger partial charge in [0.25, 0.3) is 5.91 Å². The molecule has 0 saturated carbocycles. The number of carbonyl (C=O) groups excluding carboxylic acids is 1. The highest BCUT2D eigenvalue weighted by atomic mass is 32.2. The molecule has 0 radical (unpaired) electrons.